The molecule has 2 heterocycles. The molecule has 1 aliphatic carbocycles. The van der Waals surface area contributed by atoms with E-state index in [1.807, 2.05) is 0 Å². The van der Waals surface area contributed by atoms with Crippen molar-refractivity contribution < 1.29 is 64.2 Å². The van der Waals surface area contributed by atoms with Crippen LogP contribution < -0.4 is 33.6 Å². The first-order valence-corrected chi connectivity index (χ1v) is 14.2. The van der Waals surface area contributed by atoms with Gasteiger partial charge in [0.1, 0.15) is 42.8 Å². The SMILES string of the molecule is NCC(F)C(O)C(=O)NC1CC(N)C(C2OC(CNCCO)C(O)C(O)C2N)C(O)C1OC1OC(CO)C(O)C(N)C1O. The van der Waals surface area contributed by atoms with E-state index in [4.69, 9.17) is 42.3 Å². The molecule has 0 aromatic heterocycles. The van der Waals surface area contributed by atoms with Crippen molar-refractivity contribution in [2.24, 2.45) is 28.9 Å². The summed E-state index contributed by atoms with van der Waals surface area (Å²) < 4.78 is 31.4. The minimum absolute atomic E-state index is 0.00698. The van der Waals surface area contributed by atoms with Crippen molar-refractivity contribution in [1.82, 2.24) is 10.6 Å². The van der Waals surface area contributed by atoms with E-state index in [2.05, 4.69) is 10.6 Å². The molecule has 1 amide bonds. The Morgan fingerprint density at radius 3 is 2.23 bits per heavy atom. The highest BCUT2D eigenvalue weighted by molar-refractivity contribution is 5.81. The van der Waals surface area contributed by atoms with Crippen LogP contribution in [0.1, 0.15) is 6.42 Å². The molecule has 0 aromatic rings. The second-order valence-electron chi connectivity index (χ2n) is 11.3. The first kappa shape index (κ1) is 36.2. The molecule has 43 heavy (non-hydrogen) atoms. The molecule has 252 valence electrons. The van der Waals surface area contributed by atoms with Gasteiger partial charge in [-0.3, -0.25) is 4.79 Å². The first-order valence-electron chi connectivity index (χ1n) is 14.2. The zero-order valence-electron chi connectivity index (χ0n) is 23.5. The fourth-order valence-electron chi connectivity index (χ4n) is 5.85. The Morgan fingerprint density at radius 2 is 1.63 bits per heavy atom. The molecule has 3 rings (SSSR count). The van der Waals surface area contributed by atoms with E-state index in [1.165, 1.54) is 0 Å². The topological polar surface area (TPSA) is 335 Å². The number of aliphatic hydroxyl groups excluding tert-OH is 8. The first-order chi connectivity index (χ1) is 20.3. The quantitative estimate of drug-likeness (QED) is 0.0890. The van der Waals surface area contributed by atoms with Gasteiger partial charge in [0.25, 0.3) is 5.91 Å². The van der Waals surface area contributed by atoms with Crippen molar-refractivity contribution in [2.45, 2.75) is 104 Å². The fourth-order valence-corrected chi connectivity index (χ4v) is 5.85. The van der Waals surface area contributed by atoms with Gasteiger partial charge in [-0.2, -0.15) is 0 Å². The normalized spacial score (nSPS) is 45.4. The molecule has 2 aliphatic heterocycles. The van der Waals surface area contributed by atoms with Gasteiger partial charge >= 0.3 is 0 Å². The van der Waals surface area contributed by atoms with Gasteiger partial charge in [0, 0.05) is 31.6 Å². The van der Waals surface area contributed by atoms with Crippen molar-refractivity contribution in [2.75, 3.05) is 32.8 Å². The lowest BCUT2D eigenvalue weighted by Gasteiger charge is -2.52. The van der Waals surface area contributed by atoms with Crippen molar-refractivity contribution in [3.05, 3.63) is 0 Å². The van der Waals surface area contributed by atoms with Crippen LogP contribution in [0.25, 0.3) is 0 Å². The Kier molecular flexibility index (Phi) is 13.4. The second kappa shape index (κ2) is 15.9. The highest BCUT2D eigenvalue weighted by Crippen LogP contribution is 2.37. The van der Waals surface area contributed by atoms with E-state index in [9.17, 15) is 44.9 Å². The number of alkyl halides is 1. The van der Waals surface area contributed by atoms with Crippen molar-refractivity contribution in [1.29, 1.82) is 0 Å². The summed E-state index contributed by atoms with van der Waals surface area (Å²) in [4.78, 5) is 12.7. The fraction of sp³-hybridized carbons (Fsp3) is 0.958. The van der Waals surface area contributed by atoms with Crippen molar-refractivity contribution in [3.63, 3.8) is 0 Å². The van der Waals surface area contributed by atoms with Gasteiger partial charge in [0.05, 0.1) is 49.7 Å². The van der Waals surface area contributed by atoms with Crippen LogP contribution in [0, 0.1) is 5.92 Å². The van der Waals surface area contributed by atoms with Gasteiger partial charge in [0.2, 0.25) is 0 Å². The highest BCUT2D eigenvalue weighted by atomic mass is 19.1. The van der Waals surface area contributed by atoms with Gasteiger partial charge in [-0.25, -0.2) is 4.39 Å². The lowest BCUT2D eigenvalue weighted by Crippen LogP contribution is -2.72. The van der Waals surface area contributed by atoms with Gasteiger partial charge in [-0.1, -0.05) is 0 Å². The van der Waals surface area contributed by atoms with Gasteiger partial charge < -0.3 is 88.6 Å². The number of carbonyl (C=O) groups excluding carboxylic acids is 1. The molecular formula is C24H47FN6O12. The van der Waals surface area contributed by atoms with E-state index < -0.39 is 123 Å². The lowest BCUT2D eigenvalue weighted by atomic mass is 9.71. The standard InChI is InChI=1S/C24H47FN6O12/c25-7(4-26)15(34)23(40)31-9-3-8(27)12(22-14(29)19(38)17(36)10(41-22)5-30-1-2-32)18(37)21(9)43-24-20(39)13(28)16(35)11(6-33)42-24/h7-22,24,30,32-39H,1-6,26-29H2,(H,31,40). The Balaban J connectivity index is 1.91. The number of rotatable bonds is 12. The van der Waals surface area contributed by atoms with Crippen LogP contribution in [0.15, 0.2) is 0 Å². The predicted molar refractivity (Wildman–Crippen MR) is 143 cm³/mol. The Hall–Kier alpha value is -1.24. The van der Waals surface area contributed by atoms with Crippen LogP contribution in [-0.2, 0) is 19.0 Å². The number of nitrogens with one attached hydrogen (secondary N) is 2. The predicted octanol–water partition coefficient (Wildman–Crippen LogP) is -8.61. The summed E-state index contributed by atoms with van der Waals surface area (Å²) >= 11 is 0. The minimum atomic E-state index is -2.17. The summed E-state index contributed by atoms with van der Waals surface area (Å²) in [6, 6.07) is -4.87. The van der Waals surface area contributed by atoms with Crippen molar-refractivity contribution in [3.8, 4) is 0 Å². The maximum absolute atomic E-state index is 14.0. The average Bonchev–Trinajstić information content (AvgIpc) is 2.98. The number of ether oxygens (including phenoxy) is 3. The third-order valence-electron chi connectivity index (χ3n) is 8.39. The summed E-state index contributed by atoms with van der Waals surface area (Å²) in [5, 5.41) is 87.7. The summed E-state index contributed by atoms with van der Waals surface area (Å²) in [5.41, 5.74) is 23.7. The largest absolute Gasteiger partial charge is 0.395 e. The molecule has 3 aliphatic rings. The number of nitrogens with two attached hydrogens (primary N) is 4. The molecule has 3 fully saturated rings. The smallest absolute Gasteiger partial charge is 0.252 e. The molecule has 18 N–H and O–H groups in total. The van der Waals surface area contributed by atoms with Gasteiger partial charge in [-0.05, 0) is 6.42 Å². The van der Waals surface area contributed by atoms with Crippen molar-refractivity contribution >= 4 is 5.91 Å². The van der Waals surface area contributed by atoms with Crippen LogP contribution in [0.2, 0.25) is 0 Å². The molecule has 0 spiro atoms. The third-order valence-corrected chi connectivity index (χ3v) is 8.39. The maximum Gasteiger partial charge on any atom is 0.252 e. The highest BCUT2D eigenvalue weighted by Gasteiger charge is 2.55. The van der Waals surface area contributed by atoms with E-state index in [1.54, 1.807) is 0 Å². The van der Waals surface area contributed by atoms with E-state index >= 15 is 0 Å². The van der Waals surface area contributed by atoms with E-state index in [-0.39, 0.29) is 26.1 Å². The summed E-state index contributed by atoms with van der Waals surface area (Å²) in [6.07, 6.45) is -19.0. The molecule has 17 atom stereocenters. The Bertz CT molecular complexity index is 887. The zero-order chi connectivity index (χ0) is 32.2. The number of amides is 1. The summed E-state index contributed by atoms with van der Waals surface area (Å²) in [5.74, 6) is -2.33. The number of hydrogen-bond donors (Lipinski definition) is 14. The van der Waals surface area contributed by atoms with Gasteiger partial charge in [0.15, 0.2) is 12.4 Å². The van der Waals surface area contributed by atoms with Gasteiger partial charge in [-0.15, -0.1) is 0 Å². The monoisotopic (exact) mass is 630 g/mol. The van der Waals surface area contributed by atoms with E-state index in [0.717, 1.165) is 0 Å². The molecule has 18 nitrogen and oxygen atoms in total. The minimum Gasteiger partial charge on any atom is -0.395 e. The Labute approximate surface area is 247 Å². The zero-order valence-corrected chi connectivity index (χ0v) is 23.5. The third kappa shape index (κ3) is 7.95. The number of aliphatic hydroxyl groups is 8. The molecule has 0 radical (unpaired) electrons. The molecule has 0 bridgehead atoms. The van der Waals surface area contributed by atoms with Crippen LogP contribution in [0.3, 0.4) is 0 Å². The van der Waals surface area contributed by atoms with Crippen LogP contribution in [0.4, 0.5) is 4.39 Å². The van der Waals surface area contributed by atoms with Crippen LogP contribution in [0.5, 0.6) is 0 Å². The molecule has 1 saturated carbocycles. The lowest BCUT2D eigenvalue weighted by molar-refractivity contribution is -0.307. The molecule has 19 heteroatoms. The molecule has 0 aromatic carbocycles. The number of carbonyl (C=O) groups is 1. The maximum atomic E-state index is 14.0. The number of halogens is 1. The second-order valence-corrected chi connectivity index (χ2v) is 11.3. The molecule has 17 unspecified atom stereocenters. The molecular weight excluding hydrogens is 583 g/mol. The average molecular weight is 631 g/mol. The number of hydrogen-bond acceptors (Lipinski definition) is 17. The summed E-state index contributed by atoms with van der Waals surface area (Å²) in [7, 11) is 0. The van der Waals surface area contributed by atoms with Crippen LogP contribution in [-0.4, -0.2) is 177 Å². The Morgan fingerprint density at radius 1 is 0.953 bits per heavy atom. The van der Waals surface area contributed by atoms with Crippen LogP contribution >= 0.6 is 0 Å². The summed E-state index contributed by atoms with van der Waals surface area (Å²) in [6.45, 7) is -1.42. The molecule has 2 saturated heterocycles. The van der Waals surface area contributed by atoms with E-state index in [0.29, 0.717) is 0 Å².